The molecule has 0 saturated carbocycles. The molecule has 0 fully saturated rings. The van der Waals surface area contributed by atoms with Gasteiger partial charge in [0.2, 0.25) is 10.0 Å². The van der Waals surface area contributed by atoms with Crippen LogP contribution in [0.15, 0.2) is 33.9 Å². The van der Waals surface area contributed by atoms with E-state index in [4.69, 9.17) is 0 Å². The zero-order chi connectivity index (χ0) is 15.5. The molecule has 0 aliphatic carbocycles. The molecular formula is C14H20N2O2S3. The molecule has 2 rings (SSSR count). The third kappa shape index (κ3) is 4.14. The first-order valence-corrected chi connectivity index (χ1v) is 9.80. The minimum atomic E-state index is -3.44. The minimum Gasteiger partial charge on any atom is -0.315 e. The molecule has 2 heterocycles. The number of nitrogens with one attached hydrogen (secondary N) is 2. The lowest BCUT2D eigenvalue weighted by Gasteiger charge is -2.23. The van der Waals surface area contributed by atoms with Crippen LogP contribution in [0.25, 0.3) is 0 Å². The Morgan fingerprint density at radius 1 is 1.24 bits per heavy atom. The van der Waals surface area contributed by atoms with Crippen LogP contribution >= 0.6 is 22.7 Å². The van der Waals surface area contributed by atoms with Crippen LogP contribution < -0.4 is 10.0 Å². The molecule has 0 aliphatic rings. The molecule has 0 saturated heterocycles. The van der Waals surface area contributed by atoms with Gasteiger partial charge < -0.3 is 5.32 Å². The Bertz CT molecular complexity index is 673. The van der Waals surface area contributed by atoms with Gasteiger partial charge in [-0.1, -0.05) is 19.9 Å². The van der Waals surface area contributed by atoms with E-state index in [-0.39, 0.29) is 5.41 Å². The molecule has 21 heavy (non-hydrogen) atoms. The highest BCUT2D eigenvalue weighted by molar-refractivity contribution is 7.91. The van der Waals surface area contributed by atoms with Crippen molar-refractivity contribution in [1.82, 2.24) is 10.0 Å². The van der Waals surface area contributed by atoms with Crippen LogP contribution in [-0.4, -0.2) is 22.0 Å². The Labute approximate surface area is 134 Å². The molecule has 0 atom stereocenters. The topological polar surface area (TPSA) is 58.2 Å². The second kappa shape index (κ2) is 6.58. The van der Waals surface area contributed by atoms with Gasteiger partial charge in [0.15, 0.2) is 0 Å². The predicted molar refractivity (Wildman–Crippen MR) is 89.6 cm³/mol. The van der Waals surface area contributed by atoms with Crippen LogP contribution in [0.1, 0.15) is 23.6 Å². The molecule has 2 N–H and O–H groups in total. The number of rotatable bonds is 7. The van der Waals surface area contributed by atoms with E-state index in [0.717, 1.165) is 4.88 Å². The van der Waals surface area contributed by atoms with Gasteiger partial charge in [-0.15, -0.1) is 22.7 Å². The van der Waals surface area contributed by atoms with Crippen molar-refractivity contribution >= 4 is 32.7 Å². The maximum atomic E-state index is 12.3. The summed E-state index contributed by atoms with van der Waals surface area (Å²) in [5.74, 6) is 0. The Morgan fingerprint density at radius 3 is 2.62 bits per heavy atom. The van der Waals surface area contributed by atoms with Crippen LogP contribution in [0.3, 0.4) is 0 Å². The SMILES string of the molecule is CNCc1ccc(S(=O)(=O)NCC(C)(C)c2cccs2)s1. The highest BCUT2D eigenvalue weighted by atomic mass is 32.2. The van der Waals surface area contributed by atoms with E-state index in [9.17, 15) is 8.42 Å². The monoisotopic (exact) mass is 344 g/mol. The van der Waals surface area contributed by atoms with E-state index in [2.05, 4.69) is 10.0 Å². The van der Waals surface area contributed by atoms with Gasteiger partial charge in [-0.2, -0.15) is 0 Å². The summed E-state index contributed by atoms with van der Waals surface area (Å²) in [6.45, 7) is 5.15. The van der Waals surface area contributed by atoms with Crippen LogP contribution in [0.4, 0.5) is 0 Å². The normalized spacial score (nSPS) is 12.7. The molecule has 0 aromatic carbocycles. The third-order valence-electron chi connectivity index (χ3n) is 3.15. The van der Waals surface area contributed by atoms with E-state index in [1.165, 1.54) is 16.2 Å². The Kier molecular flexibility index (Phi) is 5.21. The fraction of sp³-hybridized carbons (Fsp3) is 0.429. The van der Waals surface area contributed by atoms with Crippen molar-refractivity contribution in [2.24, 2.45) is 0 Å². The van der Waals surface area contributed by atoms with Gasteiger partial charge in [0, 0.05) is 28.3 Å². The fourth-order valence-corrected chi connectivity index (χ4v) is 5.35. The first-order chi connectivity index (χ1) is 9.85. The Morgan fingerprint density at radius 2 is 2.00 bits per heavy atom. The van der Waals surface area contributed by atoms with Crippen molar-refractivity contribution in [2.45, 2.75) is 30.0 Å². The summed E-state index contributed by atoms with van der Waals surface area (Å²) in [6, 6.07) is 7.53. The first kappa shape index (κ1) is 16.6. The van der Waals surface area contributed by atoms with Crippen molar-refractivity contribution in [3.63, 3.8) is 0 Å². The molecular weight excluding hydrogens is 324 g/mol. The number of hydrogen-bond donors (Lipinski definition) is 2. The zero-order valence-corrected chi connectivity index (χ0v) is 14.8. The second-order valence-electron chi connectivity index (χ2n) is 5.44. The van der Waals surface area contributed by atoms with Crippen molar-refractivity contribution in [3.05, 3.63) is 39.4 Å². The fourth-order valence-electron chi connectivity index (χ4n) is 1.87. The van der Waals surface area contributed by atoms with Gasteiger partial charge in [-0.3, -0.25) is 0 Å². The summed E-state index contributed by atoms with van der Waals surface area (Å²) in [5, 5.41) is 5.03. The average Bonchev–Trinajstić information content (AvgIpc) is 3.08. The molecule has 0 aliphatic heterocycles. The molecule has 2 aromatic rings. The smallest absolute Gasteiger partial charge is 0.250 e. The molecule has 7 heteroatoms. The summed E-state index contributed by atoms with van der Waals surface area (Å²) in [6.07, 6.45) is 0. The average molecular weight is 345 g/mol. The van der Waals surface area contributed by atoms with Crippen LogP contribution in [0.5, 0.6) is 0 Å². The van der Waals surface area contributed by atoms with Gasteiger partial charge >= 0.3 is 0 Å². The van der Waals surface area contributed by atoms with Crippen molar-refractivity contribution < 1.29 is 8.42 Å². The standard InChI is InChI=1S/C14H20N2O2S3/c1-14(2,12-5-4-8-19-12)10-16-21(17,18)13-7-6-11(20-13)9-15-3/h4-8,15-16H,9-10H2,1-3H3. The summed E-state index contributed by atoms with van der Waals surface area (Å²) < 4.78 is 27.8. The van der Waals surface area contributed by atoms with Gasteiger partial charge in [0.25, 0.3) is 0 Å². The lowest BCUT2D eigenvalue weighted by Crippen LogP contribution is -2.35. The zero-order valence-electron chi connectivity index (χ0n) is 12.3. The quantitative estimate of drug-likeness (QED) is 0.812. The van der Waals surface area contributed by atoms with Gasteiger partial charge in [0.1, 0.15) is 4.21 Å². The van der Waals surface area contributed by atoms with E-state index < -0.39 is 10.0 Å². The van der Waals surface area contributed by atoms with E-state index in [1.807, 2.05) is 44.5 Å². The maximum absolute atomic E-state index is 12.3. The molecule has 0 amide bonds. The Balaban J connectivity index is 2.07. The molecule has 0 radical (unpaired) electrons. The van der Waals surface area contributed by atoms with Crippen LogP contribution in [-0.2, 0) is 22.0 Å². The van der Waals surface area contributed by atoms with E-state index in [0.29, 0.717) is 17.3 Å². The van der Waals surface area contributed by atoms with Crippen molar-refractivity contribution in [3.8, 4) is 0 Å². The molecule has 2 aromatic heterocycles. The summed E-state index contributed by atoms with van der Waals surface area (Å²) in [4.78, 5) is 2.18. The summed E-state index contributed by atoms with van der Waals surface area (Å²) >= 11 is 2.95. The maximum Gasteiger partial charge on any atom is 0.250 e. The first-order valence-electron chi connectivity index (χ1n) is 6.62. The van der Waals surface area contributed by atoms with E-state index >= 15 is 0 Å². The van der Waals surface area contributed by atoms with Crippen molar-refractivity contribution in [2.75, 3.05) is 13.6 Å². The lowest BCUT2D eigenvalue weighted by molar-refractivity contribution is 0.510. The molecule has 4 nitrogen and oxygen atoms in total. The second-order valence-corrected chi connectivity index (χ2v) is 9.55. The Hall–Kier alpha value is -0.730. The van der Waals surface area contributed by atoms with Gasteiger partial charge in [0.05, 0.1) is 0 Å². The highest BCUT2D eigenvalue weighted by Crippen LogP contribution is 2.28. The molecule has 116 valence electrons. The van der Waals surface area contributed by atoms with Gasteiger partial charge in [-0.25, -0.2) is 13.1 Å². The number of hydrogen-bond acceptors (Lipinski definition) is 5. The molecule has 0 bridgehead atoms. The summed E-state index contributed by atoms with van der Waals surface area (Å²) in [5.41, 5.74) is -0.216. The summed E-state index contributed by atoms with van der Waals surface area (Å²) in [7, 11) is -1.59. The molecule has 0 unspecified atom stereocenters. The van der Waals surface area contributed by atoms with Crippen LogP contribution in [0.2, 0.25) is 0 Å². The van der Waals surface area contributed by atoms with Crippen LogP contribution in [0, 0.1) is 0 Å². The molecule has 0 spiro atoms. The van der Waals surface area contributed by atoms with Crippen molar-refractivity contribution in [1.29, 1.82) is 0 Å². The minimum absolute atomic E-state index is 0.216. The van der Waals surface area contributed by atoms with Gasteiger partial charge in [-0.05, 0) is 30.6 Å². The third-order valence-corrected chi connectivity index (χ3v) is 7.36. The number of sulfonamides is 1. The number of thiophene rings is 2. The van der Waals surface area contributed by atoms with E-state index in [1.54, 1.807) is 17.4 Å². The predicted octanol–water partition coefficient (Wildman–Crippen LogP) is 2.79. The highest BCUT2D eigenvalue weighted by Gasteiger charge is 2.25. The lowest BCUT2D eigenvalue weighted by atomic mass is 9.92. The largest absolute Gasteiger partial charge is 0.315 e.